The maximum atomic E-state index is 12.5. The molecule has 120 valence electrons. The molecule has 0 aromatic carbocycles. The van der Waals surface area contributed by atoms with Gasteiger partial charge in [0.15, 0.2) is 0 Å². The van der Waals surface area contributed by atoms with Gasteiger partial charge in [-0.1, -0.05) is 0 Å². The summed E-state index contributed by atoms with van der Waals surface area (Å²) in [7, 11) is 0. The Morgan fingerprint density at radius 1 is 1.41 bits per heavy atom. The first-order valence-corrected chi connectivity index (χ1v) is 8.93. The minimum atomic E-state index is -1.15. The molecule has 0 bridgehead atoms. The van der Waals surface area contributed by atoms with Crippen molar-refractivity contribution in [3.8, 4) is 0 Å². The minimum absolute atomic E-state index is 0.0543. The molecule has 1 unspecified atom stereocenters. The van der Waals surface area contributed by atoms with E-state index in [4.69, 9.17) is 4.74 Å². The van der Waals surface area contributed by atoms with Gasteiger partial charge in [0.1, 0.15) is 5.60 Å². The van der Waals surface area contributed by atoms with Crippen LogP contribution >= 0.6 is 11.8 Å². The van der Waals surface area contributed by atoms with E-state index in [1.165, 1.54) is 0 Å². The molecule has 1 N–H and O–H groups in total. The topological polar surface area (TPSA) is 62.7 Å². The number of ether oxygens (including phenoxy) is 1. The molecule has 3 heterocycles. The number of amides is 1. The Morgan fingerprint density at radius 3 is 2.86 bits per heavy atom. The molecule has 2 fully saturated rings. The van der Waals surface area contributed by atoms with Crippen molar-refractivity contribution in [1.29, 1.82) is 0 Å². The molecule has 2 saturated heterocycles. The average Bonchev–Trinajstić information content (AvgIpc) is 3.03. The predicted octanol–water partition coefficient (Wildman–Crippen LogP) is 1.46. The lowest BCUT2D eigenvalue weighted by molar-refractivity contribution is -0.151. The van der Waals surface area contributed by atoms with Gasteiger partial charge in [-0.3, -0.25) is 9.78 Å². The van der Waals surface area contributed by atoms with E-state index in [-0.39, 0.29) is 12.0 Å². The fraction of sp³-hybridized carbons (Fsp3) is 0.625. The van der Waals surface area contributed by atoms with Gasteiger partial charge in [0, 0.05) is 25.5 Å². The van der Waals surface area contributed by atoms with Gasteiger partial charge >= 0.3 is 0 Å². The third kappa shape index (κ3) is 3.62. The monoisotopic (exact) mass is 322 g/mol. The number of likely N-dealkylation sites (tertiary alicyclic amines) is 1. The lowest BCUT2D eigenvalue weighted by Gasteiger charge is -2.33. The first-order valence-electron chi connectivity index (χ1n) is 7.77. The molecule has 5 nitrogen and oxygen atoms in total. The fourth-order valence-electron chi connectivity index (χ4n) is 2.96. The molecule has 0 saturated carbocycles. The molecule has 2 aliphatic rings. The van der Waals surface area contributed by atoms with Crippen LogP contribution in [0.5, 0.6) is 0 Å². The molecular formula is C16H22N2O3S. The Kier molecular flexibility index (Phi) is 5.00. The maximum absolute atomic E-state index is 12.5. The van der Waals surface area contributed by atoms with E-state index >= 15 is 0 Å². The summed E-state index contributed by atoms with van der Waals surface area (Å²) >= 11 is 1.80. The third-order valence-electron chi connectivity index (χ3n) is 4.39. The quantitative estimate of drug-likeness (QED) is 0.909. The van der Waals surface area contributed by atoms with Gasteiger partial charge in [-0.15, -0.1) is 0 Å². The molecule has 0 aliphatic carbocycles. The van der Waals surface area contributed by atoms with Crippen LogP contribution in [0.1, 0.15) is 24.8 Å². The van der Waals surface area contributed by atoms with E-state index < -0.39 is 5.60 Å². The van der Waals surface area contributed by atoms with Gasteiger partial charge in [-0.05, 0) is 48.5 Å². The lowest BCUT2D eigenvalue weighted by atomic mass is 9.95. The van der Waals surface area contributed by atoms with Crippen LogP contribution < -0.4 is 0 Å². The van der Waals surface area contributed by atoms with Crippen LogP contribution in [-0.2, 0) is 16.1 Å². The van der Waals surface area contributed by atoms with Gasteiger partial charge in [0.25, 0.3) is 5.91 Å². The lowest BCUT2D eigenvalue weighted by Crippen LogP contribution is -2.50. The molecule has 2 aliphatic heterocycles. The van der Waals surface area contributed by atoms with Crippen LogP contribution in [0.2, 0.25) is 0 Å². The molecule has 1 aromatic rings. The van der Waals surface area contributed by atoms with Crippen molar-refractivity contribution < 1.29 is 14.6 Å². The van der Waals surface area contributed by atoms with Gasteiger partial charge in [0.05, 0.1) is 12.7 Å². The number of nitrogens with zero attached hydrogens (tertiary/aromatic N) is 2. The Hall–Kier alpha value is -1.11. The summed E-state index contributed by atoms with van der Waals surface area (Å²) in [4.78, 5) is 18.3. The smallest absolute Gasteiger partial charge is 0.254 e. The van der Waals surface area contributed by atoms with Crippen molar-refractivity contribution in [2.75, 3.05) is 24.6 Å². The largest absolute Gasteiger partial charge is 0.380 e. The van der Waals surface area contributed by atoms with Crippen molar-refractivity contribution in [3.05, 3.63) is 30.1 Å². The van der Waals surface area contributed by atoms with Gasteiger partial charge < -0.3 is 14.7 Å². The number of carbonyl (C=O) groups is 1. The summed E-state index contributed by atoms with van der Waals surface area (Å²) in [5.41, 5.74) is -0.0617. The molecule has 0 radical (unpaired) electrons. The normalized spacial score (nSPS) is 24.4. The zero-order valence-corrected chi connectivity index (χ0v) is 13.4. The highest BCUT2D eigenvalue weighted by molar-refractivity contribution is 7.99. The number of carbonyl (C=O) groups excluding carboxylic acids is 1. The van der Waals surface area contributed by atoms with Crippen molar-refractivity contribution in [2.24, 2.45) is 0 Å². The second kappa shape index (κ2) is 6.98. The van der Waals surface area contributed by atoms with Crippen LogP contribution in [0.15, 0.2) is 24.5 Å². The molecule has 1 aromatic heterocycles. The van der Waals surface area contributed by atoms with Gasteiger partial charge in [-0.2, -0.15) is 11.8 Å². The Balaban J connectivity index is 1.50. The van der Waals surface area contributed by atoms with Crippen LogP contribution in [-0.4, -0.2) is 57.2 Å². The molecular weight excluding hydrogens is 300 g/mol. The summed E-state index contributed by atoms with van der Waals surface area (Å²) in [5.74, 6) is 1.61. The fourth-order valence-corrected chi connectivity index (χ4v) is 4.13. The molecule has 1 atom stereocenters. The minimum Gasteiger partial charge on any atom is -0.380 e. The molecule has 3 rings (SSSR count). The van der Waals surface area contributed by atoms with E-state index in [0.29, 0.717) is 32.5 Å². The second-order valence-electron chi connectivity index (χ2n) is 5.97. The predicted molar refractivity (Wildman–Crippen MR) is 85.5 cm³/mol. The highest BCUT2D eigenvalue weighted by Crippen LogP contribution is 2.30. The summed E-state index contributed by atoms with van der Waals surface area (Å²) in [5, 5.41) is 10.5. The standard InChI is InChI=1S/C16H22N2O3S/c19-15(16(20)4-9-22-10-5-16)18-8-3-14(11-18)21-12-13-1-6-17-7-2-13/h1-2,6-7,14,20H,3-5,8-12H2. The van der Waals surface area contributed by atoms with E-state index in [2.05, 4.69) is 4.98 Å². The Labute approximate surface area is 135 Å². The summed E-state index contributed by atoms with van der Waals surface area (Å²) in [6, 6.07) is 3.86. The van der Waals surface area contributed by atoms with Crippen LogP contribution in [0.4, 0.5) is 0 Å². The van der Waals surface area contributed by atoms with E-state index in [1.807, 2.05) is 12.1 Å². The Morgan fingerprint density at radius 2 is 2.14 bits per heavy atom. The number of hydrogen-bond donors (Lipinski definition) is 1. The van der Waals surface area contributed by atoms with Crippen molar-refractivity contribution in [3.63, 3.8) is 0 Å². The zero-order chi connectivity index (χ0) is 15.4. The third-order valence-corrected chi connectivity index (χ3v) is 5.37. The first-order chi connectivity index (χ1) is 10.7. The van der Waals surface area contributed by atoms with Gasteiger partial charge in [0.2, 0.25) is 0 Å². The molecule has 6 heteroatoms. The average molecular weight is 322 g/mol. The Bertz CT molecular complexity index is 505. The molecule has 0 spiro atoms. The van der Waals surface area contributed by atoms with Crippen molar-refractivity contribution in [1.82, 2.24) is 9.88 Å². The second-order valence-corrected chi connectivity index (χ2v) is 7.20. The number of thioether (sulfide) groups is 1. The van der Waals surface area contributed by atoms with Gasteiger partial charge in [-0.25, -0.2) is 0 Å². The van der Waals surface area contributed by atoms with Crippen LogP contribution in [0.25, 0.3) is 0 Å². The maximum Gasteiger partial charge on any atom is 0.254 e. The van der Waals surface area contributed by atoms with Crippen LogP contribution in [0, 0.1) is 0 Å². The van der Waals surface area contributed by atoms with E-state index in [1.54, 1.807) is 29.1 Å². The molecule has 22 heavy (non-hydrogen) atoms. The van der Waals surface area contributed by atoms with E-state index in [0.717, 1.165) is 23.5 Å². The first kappa shape index (κ1) is 15.8. The number of pyridine rings is 1. The highest BCUT2D eigenvalue weighted by Gasteiger charge is 2.42. The molecule has 1 amide bonds. The number of aliphatic hydroxyl groups is 1. The number of rotatable bonds is 4. The highest BCUT2D eigenvalue weighted by atomic mass is 32.2. The summed E-state index contributed by atoms with van der Waals surface area (Å²) < 4.78 is 5.88. The zero-order valence-electron chi connectivity index (χ0n) is 12.6. The van der Waals surface area contributed by atoms with Crippen molar-refractivity contribution >= 4 is 17.7 Å². The number of hydrogen-bond acceptors (Lipinski definition) is 5. The number of aromatic nitrogens is 1. The van der Waals surface area contributed by atoms with E-state index in [9.17, 15) is 9.90 Å². The van der Waals surface area contributed by atoms with Crippen molar-refractivity contribution in [2.45, 2.75) is 37.6 Å². The summed E-state index contributed by atoms with van der Waals surface area (Å²) in [6.07, 6.45) is 5.52. The SMILES string of the molecule is O=C(N1CCC(OCc2ccncc2)C1)C1(O)CCSCC1. The van der Waals surface area contributed by atoms with Crippen LogP contribution in [0.3, 0.4) is 0 Å². The summed E-state index contributed by atoms with van der Waals surface area (Å²) in [6.45, 7) is 1.80.